The molecular formula is C46H27BN2. The summed E-state index contributed by atoms with van der Waals surface area (Å²) in [6.07, 6.45) is 0. The molecule has 12 rings (SSSR count). The monoisotopic (exact) mass is 618 g/mol. The van der Waals surface area contributed by atoms with Crippen LogP contribution in [0.4, 0.5) is 17.1 Å². The van der Waals surface area contributed by atoms with Gasteiger partial charge in [-0.2, -0.15) is 0 Å². The van der Waals surface area contributed by atoms with Crippen molar-refractivity contribution in [2.24, 2.45) is 0 Å². The number of nitrogens with zero attached hydrogens (tertiary/aromatic N) is 2. The molecule has 0 spiro atoms. The highest BCUT2D eigenvalue weighted by Crippen LogP contribution is 2.47. The molecule has 3 heterocycles. The number of para-hydroxylation sites is 3. The third-order valence-corrected chi connectivity index (χ3v) is 11.3. The van der Waals surface area contributed by atoms with Crippen LogP contribution in [0.15, 0.2) is 164 Å². The lowest BCUT2D eigenvalue weighted by Gasteiger charge is -2.37. The van der Waals surface area contributed by atoms with Crippen LogP contribution in [-0.2, 0) is 0 Å². The van der Waals surface area contributed by atoms with Gasteiger partial charge in [-0.05, 0) is 85.4 Å². The summed E-state index contributed by atoms with van der Waals surface area (Å²) in [4.78, 5) is 2.57. The molecule has 0 bridgehead atoms. The predicted molar refractivity (Wildman–Crippen MR) is 209 cm³/mol. The smallest absolute Gasteiger partial charge is 0.248 e. The van der Waals surface area contributed by atoms with Crippen molar-refractivity contribution in [3.63, 3.8) is 0 Å². The van der Waals surface area contributed by atoms with Crippen molar-refractivity contribution in [3.8, 4) is 16.8 Å². The Hall–Kier alpha value is -6.32. The van der Waals surface area contributed by atoms with Crippen LogP contribution in [0.25, 0.3) is 70.9 Å². The number of hydrogen-bond acceptors (Lipinski definition) is 1. The van der Waals surface area contributed by atoms with Crippen LogP contribution in [0.5, 0.6) is 0 Å². The fourth-order valence-electron chi connectivity index (χ4n) is 9.38. The molecule has 0 atom stereocenters. The average Bonchev–Trinajstić information content (AvgIpc) is 3.68. The summed E-state index contributed by atoms with van der Waals surface area (Å²) in [7, 11) is 0. The summed E-state index contributed by atoms with van der Waals surface area (Å²) >= 11 is 0. The molecule has 0 fully saturated rings. The molecule has 49 heavy (non-hydrogen) atoms. The standard InChI is InChI=1S/C46H27BN2/c1-4-15-37-32(12-1)36-26-31(48-39-17-6-2-13-33(39)34-14-3-7-18-40(34)48)27-43-46(36)47(37)38-16-5-8-19-42(38)49(43)41-25-23-30-21-20-28-10-9-11-29-22-24-35(41)45(30)44(28)29/h1-27H. The molecule has 0 saturated carbocycles. The normalized spacial score (nSPS) is 13.2. The van der Waals surface area contributed by atoms with Crippen LogP contribution in [0.3, 0.4) is 0 Å². The van der Waals surface area contributed by atoms with Gasteiger partial charge in [-0.3, -0.25) is 0 Å². The first kappa shape index (κ1) is 25.7. The second kappa shape index (κ2) is 9.18. The number of aromatic nitrogens is 1. The summed E-state index contributed by atoms with van der Waals surface area (Å²) in [5.74, 6) is 0. The van der Waals surface area contributed by atoms with Crippen LogP contribution in [0.1, 0.15) is 0 Å². The lowest BCUT2D eigenvalue weighted by Crippen LogP contribution is -2.54. The lowest BCUT2D eigenvalue weighted by molar-refractivity contribution is 1.17. The summed E-state index contributed by atoms with van der Waals surface area (Å²) in [6, 6.07) is 61.2. The Labute approximate surface area is 283 Å². The maximum absolute atomic E-state index is 2.57. The maximum atomic E-state index is 2.57. The fraction of sp³-hybridized carbons (Fsp3) is 0. The second-order valence-corrected chi connectivity index (χ2v) is 13.7. The van der Waals surface area contributed by atoms with E-state index in [0.29, 0.717) is 0 Å². The zero-order valence-electron chi connectivity index (χ0n) is 26.6. The van der Waals surface area contributed by atoms with Gasteiger partial charge >= 0.3 is 0 Å². The van der Waals surface area contributed by atoms with Gasteiger partial charge in [-0.1, -0.05) is 133 Å². The van der Waals surface area contributed by atoms with Crippen molar-refractivity contribution in [1.29, 1.82) is 0 Å². The minimum Gasteiger partial charge on any atom is -0.311 e. The second-order valence-electron chi connectivity index (χ2n) is 13.7. The zero-order valence-corrected chi connectivity index (χ0v) is 26.6. The molecule has 0 unspecified atom stereocenters. The van der Waals surface area contributed by atoms with Gasteiger partial charge in [0.05, 0.1) is 16.7 Å². The highest BCUT2D eigenvalue weighted by atomic mass is 15.2. The number of fused-ring (bicyclic) bond motifs is 8. The van der Waals surface area contributed by atoms with E-state index < -0.39 is 0 Å². The predicted octanol–water partition coefficient (Wildman–Crippen LogP) is 9.96. The molecule has 10 aromatic rings. The Bertz CT molecular complexity index is 2960. The molecule has 0 aliphatic carbocycles. The maximum Gasteiger partial charge on any atom is 0.248 e. The minimum atomic E-state index is 0.181. The van der Waals surface area contributed by atoms with Gasteiger partial charge in [0, 0.05) is 33.2 Å². The number of anilines is 3. The van der Waals surface area contributed by atoms with E-state index in [1.54, 1.807) is 0 Å². The Morgan fingerprint density at radius 2 is 1.02 bits per heavy atom. The average molecular weight is 619 g/mol. The minimum absolute atomic E-state index is 0.181. The third kappa shape index (κ3) is 3.22. The highest BCUT2D eigenvalue weighted by Gasteiger charge is 2.43. The molecule has 0 amide bonds. The van der Waals surface area contributed by atoms with Gasteiger partial charge in [0.15, 0.2) is 0 Å². The number of rotatable bonds is 2. The fourth-order valence-corrected chi connectivity index (χ4v) is 9.38. The number of benzene rings is 9. The van der Waals surface area contributed by atoms with Crippen LogP contribution in [-0.4, -0.2) is 11.3 Å². The Morgan fingerprint density at radius 3 is 1.82 bits per heavy atom. The van der Waals surface area contributed by atoms with Crippen molar-refractivity contribution in [3.05, 3.63) is 164 Å². The van der Waals surface area contributed by atoms with Crippen molar-refractivity contribution in [2.45, 2.75) is 0 Å². The highest BCUT2D eigenvalue weighted by molar-refractivity contribution is 7.01. The van der Waals surface area contributed by atoms with E-state index >= 15 is 0 Å². The molecule has 3 heteroatoms. The summed E-state index contributed by atoms with van der Waals surface area (Å²) in [6.45, 7) is 0.181. The first-order valence-corrected chi connectivity index (χ1v) is 17.1. The van der Waals surface area contributed by atoms with E-state index in [1.165, 1.54) is 104 Å². The molecular weight excluding hydrogens is 591 g/mol. The van der Waals surface area contributed by atoms with Crippen LogP contribution in [0.2, 0.25) is 0 Å². The molecule has 0 radical (unpaired) electrons. The van der Waals surface area contributed by atoms with Crippen molar-refractivity contribution in [2.75, 3.05) is 4.90 Å². The lowest BCUT2D eigenvalue weighted by atomic mass is 9.37. The molecule has 1 aromatic heterocycles. The van der Waals surface area contributed by atoms with E-state index in [-0.39, 0.29) is 6.71 Å². The van der Waals surface area contributed by atoms with Crippen molar-refractivity contribution in [1.82, 2.24) is 4.57 Å². The number of hydrogen-bond donors (Lipinski definition) is 0. The summed E-state index contributed by atoms with van der Waals surface area (Å²) < 4.78 is 2.47. The largest absolute Gasteiger partial charge is 0.311 e. The quantitative estimate of drug-likeness (QED) is 0.138. The first-order chi connectivity index (χ1) is 24.3. The SMILES string of the molecule is c1ccc2c(c1)B1c3ccccc3N(c3ccc4ccc5cccc6ccc3c4c56)c3cc(-n4c5ccccc5c5ccccc54)cc-2c31. The first-order valence-electron chi connectivity index (χ1n) is 17.1. The Kier molecular flexibility index (Phi) is 4.82. The Morgan fingerprint density at radius 1 is 0.388 bits per heavy atom. The van der Waals surface area contributed by atoms with E-state index in [2.05, 4.69) is 173 Å². The Balaban J connectivity index is 1.23. The third-order valence-electron chi connectivity index (χ3n) is 11.3. The van der Waals surface area contributed by atoms with Gasteiger partial charge in [0.1, 0.15) is 0 Å². The van der Waals surface area contributed by atoms with Gasteiger partial charge in [-0.15, -0.1) is 0 Å². The molecule has 2 nitrogen and oxygen atoms in total. The van der Waals surface area contributed by atoms with E-state index in [4.69, 9.17) is 0 Å². The van der Waals surface area contributed by atoms with E-state index in [9.17, 15) is 0 Å². The van der Waals surface area contributed by atoms with E-state index in [1.807, 2.05) is 0 Å². The zero-order chi connectivity index (χ0) is 31.8. The molecule has 9 aromatic carbocycles. The van der Waals surface area contributed by atoms with Gasteiger partial charge < -0.3 is 9.47 Å². The van der Waals surface area contributed by atoms with E-state index in [0.717, 1.165) is 0 Å². The molecule has 0 N–H and O–H groups in total. The van der Waals surface area contributed by atoms with Gasteiger partial charge in [-0.25, -0.2) is 0 Å². The van der Waals surface area contributed by atoms with Gasteiger partial charge in [0.25, 0.3) is 0 Å². The molecule has 224 valence electrons. The summed E-state index contributed by atoms with van der Waals surface area (Å²) in [5.41, 5.74) is 14.2. The van der Waals surface area contributed by atoms with Gasteiger partial charge in [0.2, 0.25) is 6.71 Å². The molecule has 0 saturated heterocycles. The van der Waals surface area contributed by atoms with Crippen LogP contribution < -0.4 is 21.3 Å². The van der Waals surface area contributed by atoms with Crippen LogP contribution >= 0.6 is 0 Å². The molecule has 2 aliphatic heterocycles. The summed E-state index contributed by atoms with van der Waals surface area (Å²) in [5, 5.41) is 10.4. The van der Waals surface area contributed by atoms with Crippen molar-refractivity contribution < 1.29 is 0 Å². The topological polar surface area (TPSA) is 8.17 Å². The van der Waals surface area contributed by atoms with Crippen molar-refractivity contribution >= 4 is 94.3 Å². The van der Waals surface area contributed by atoms with Crippen LogP contribution in [0, 0.1) is 0 Å². The molecule has 2 aliphatic rings.